The van der Waals surface area contributed by atoms with Crippen molar-refractivity contribution in [2.75, 3.05) is 5.32 Å². The number of carboxylic acid groups (broad SMARTS) is 1. The molecule has 1 aromatic heterocycles. The van der Waals surface area contributed by atoms with Crippen LogP contribution in [-0.2, 0) is 11.3 Å². The molecule has 1 aliphatic rings. The minimum atomic E-state index is -1.09. The zero-order valence-electron chi connectivity index (χ0n) is 13.3. The number of aromatic carboxylic acids is 1. The first kappa shape index (κ1) is 16.0. The Morgan fingerprint density at radius 2 is 2.08 bits per heavy atom. The maximum absolute atomic E-state index is 12.7. The molecule has 0 spiro atoms. The molecule has 2 N–H and O–H groups in total. The van der Waals surface area contributed by atoms with Crippen LogP contribution in [-0.4, -0.2) is 21.6 Å². The number of hydrogen-bond acceptors (Lipinski definition) is 3. The van der Waals surface area contributed by atoms with Crippen LogP contribution in [0.1, 0.15) is 28.9 Å². The highest BCUT2D eigenvalue weighted by Crippen LogP contribution is 2.31. The van der Waals surface area contributed by atoms with Gasteiger partial charge in [0.25, 0.3) is 5.56 Å². The standard InChI is InChI=1S/C18H18N2O4/c1-3-15(21)19-12-6-7-13-14(8-12)16(18(23)24)10(2)20(17(13)22)9-11-4-5-11/h3,6-8,11H,1,4-5,9H2,2H3,(H,19,21)(H,23,24). The second-order valence-electron chi connectivity index (χ2n) is 6.08. The largest absolute Gasteiger partial charge is 0.478 e. The topological polar surface area (TPSA) is 88.4 Å². The zero-order chi connectivity index (χ0) is 17.4. The molecule has 2 aromatic rings. The van der Waals surface area contributed by atoms with Crippen LogP contribution in [0.2, 0.25) is 0 Å². The molecule has 1 fully saturated rings. The highest BCUT2D eigenvalue weighted by molar-refractivity contribution is 6.06. The first-order chi connectivity index (χ1) is 11.4. The summed E-state index contributed by atoms with van der Waals surface area (Å²) in [6, 6.07) is 4.68. The number of carbonyl (C=O) groups is 2. The lowest BCUT2D eigenvalue weighted by Crippen LogP contribution is -2.26. The van der Waals surface area contributed by atoms with Gasteiger partial charge in [-0.05, 0) is 50.0 Å². The smallest absolute Gasteiger partial charge is 0.338 e. The molecular weight excluding hydrogens is 308 g/mol. The number of nitrogens with one attached hydrogen (secondary N) is 1. The van der Waals surface area contributed by atoms with E-state index in [2.05, 4.69) is 11.9 Å². The molecule has 6 nitrogen and oxygen atoms in total. The van der Waals surface area contributed by atoms with E-state index in [-0.39, 0.29) is 11.1 Å². The zero-order valence-corrected chi connectivity index (χ0v) is 13.3. The molecule has 6 heteroatoms. The number of aromatic nitrogens is 1. The van der Waals surface area contributed by atoms with E-state index in [9.17, 15) is 19.5 Å². The van der Waals surface area contributed by atoms with E-state index in [0.717, 1.165) is 18.9 Å². The van der Waals surface area contributed by atoms with Crippen molar-refractivity contribution in [1.82, 2.24) is 4.57 Å². The van der Waals surface area contributed by atoms with Crippen molar-refractivity contribution in [3.05, 3.63) is 52.5 Å². The van der Waals surface area contributed by atoms with Crippen molar-refractivity contribution in [3.63, 3.8) is 0 Å². The molecule has 3 rings (SSSR count). The summed E-state index contributed by atoms with van der Waals surface area (Å²) in [5, 5.41) is 12.9. The lowest BCUT2D eigenvalue weighted by atomic mass is 10.0. The molecule has 1 aliphatic carbocycles. The van der Waals surface area contributed by atoms with E-state index in [1.165, 1.54) is 6.07 Å². The summed E-state index contributed by atoms with van der Waals surface area (Å²) in [6.07, 6.45) is 3.26. The van der Waals surface area contributed by atoms with Crippen LogP contribution in [0.25, 0.3) is 10.8 Å². The van der Waals surface area contributed by atoms with Gasteiger partial charge in [0.2, 0.25) is 5.91 Å². The Morgan fingerprint density at radius 3 is 2.67 bits per heavy atom. The Balaban J connectivity index is 2.23. The van der Waals surface area contributed by atoms with Crippen LogP contribution in [0.4, 0.5) is 5.69 Å². The first-order valence-corrected chi connectivity index (χ1v) is 7.76. The summed E-state index contributed by atoms with van der Waals surface area (Å²) >= 11 is 0. The highest BCUT2D eigenvalue weighted by atomic mass is 16.4. The molecule has 0 atom stereocenters. The summed E-state index contributed by atoms with van der Waals surface area (Å²) in [5.74, 6) is -1.04. The Kier molecular flexibility index (Phi) is 3.97. The van der Waals surface area contributed by atoms with Gasteiger partial charge in [0, 0.05) is 28.7 Å². The van der Waals surface area contributed by atoms with Crippen molar-refractivity contribution in [3.8, 4) is 0 Å². The monoisotopic (exact) mass is 326 g/mol. The van der Waals surface area contributed by atoms with Gasteiger partial charge in [0.05, 0.1) is 5.56 Å². The van der Waals surface area contributed by atoms with Crippen molar-refractivity contribution in [2.45, 2.75) is 26.3 Å². The number of amides is 1. The van der Waals surface area contributed by atoms with Crippen molar-refractivity contribution >= 4 is 28.3 Å². The second-order valence-corrected chi connectivity index (χ2v) is 6.08. The summed E-state index contributed by atoms with van der Waals surface area (Å²) in [5.41, 5.74) is 0.772. The lowest BCUT2D eigenvalue weighted by molar-refractivity contribution is -0.111. The Labute approximate surface area is 138 Å². The van der Waals surface area contributed by atoms with Gasteiger partial charge in [-0.1, -0.05) is 6.58 Å². The molecule has 0 aliphatic heterocycles. The van der Waals surface area contributed by atoms with Gasteiger partial charge in [-0.25, -0.2) is 4.79 Å². The van der Waals surface area contributed by atoms with E-state index in [1.54, 1.807) is 23.6 Å². The van der Waals surface area contributed by atoms with Crippen molar-refractivity contribution in [1.29, 1.82) is 0 Å². The van der Waals surface area contributed by atoms with Gasteiger partial charge in [0.15, 0.2) is 0 Å². The number of carboxylic acids is 1. The lowest BCUT2D eigenvalue weighted by Gasteiger charge is -2.15. The predicted octanol–water partition coefficient (Wildman–Crippen LogP) is 2.54. The molecule has 1 saturated carbocycles. The molecule has 24 heavy (non-hydrogen) atoms. The van der Waals surface area contributed by atoms with Crippen LogP contribution in [0.5, 0.6) is 0 Å². The third-order valence-electron chi connectivity index (χ3n) is 4.34. The molecule has 124 valence electrons. The van der Waals surface area contributed by atoms with Crippen LogP contribution < -0.4 is 10.9 Å². The maximum atomic E-state index is 12.7. The van der Waals surface area contributed by atoms with Crippen molar-refractivity contribution < 1.29 is 14.7 Å². The summed E-state index contributed by atoms with van der Waals surface area (Å²) in [4.78, 5) is 36.0. The fourth-order valence-electron chi connectivity index (χ4n) is 2.88. The maximum Gasteiger partial charge on any atom is 0.338 e. The van der Waals surface area contributed by atoms with Crippen molar-refractivity contribution in [2.24, 2.45) is 5.92 Å². The number of nitrogens with zero attached hydrogens (tertiary/aromatic N) is 1. The number of pyridine rings is 1. The van der Waals surface area contributed by atoms with E-state index in [0.29, 0.717) is 34.6 Å². The van der Waals surface area contributed by atoms with Gasteiger partial charge in [-0.2, -0.15) is 0 Å². The Bertz CT molecular complexity index is 923. The number of carbonyl (C=O) groups excluding carboxylic acids is 1. The number of fused-ring (bicyclic) bond motifs is 1. The third kappa shape index (κ3) is 2.82. The van der Waals surface area contributed by atoms with Gasteiger partial charge in [-0.15, -0.1) is 0 Å². The third-order valence-corrected chi connectivity index (χ3v) is 4.34. The van der Waals surface area contributed by atoms with E-state index >= 15 is 0 Å². The molecule has 1 amide bonds. The molecule has 1 aromatic carbocycles. The molecular formula is C18H18N2O4. The van der Waals surface area contributed by atoms with Crippen LogP contribution in [0.15, 0.2) is 35.6 Å². The minimum absolute atomic E-state index is 0.0972. The van der Waals surface area contributed by atoms with Crippen LogP contribution in [0.3, 0.4) is 0 Å². The number of benzene rings is 1. The average Bonchev–Trinajstić information content (AvgIpc) is 3.35. The molecule has 0 radical (unpaired) electrons. The quantitative estimate of drug-likeness (QED) is 0.827. The summed E-state index contributed by atoms with van der Waals surface area (Å²) in [6.45, 7) is 5.58. The molecule has 0 unspecified atom stereocenters. The van der Waals surface area contributed by atoms with E-state index < -0.39 is 11.9 Å². The Morgan fingerprint density at radius 1 is 1.38 bits per heavy atom. The van der Waals surface area contributed by atoms with Crippen LogP contribution >= 0.6 is 0 Å². The van der Waals surface area contributed by atoms with Gasteiger partial charge in [-0.3, -0.25) is 9.59 Å². The number of anilines is 1. The molecule has 0 saturated heterocycles. The average molecular weight is 326 g/mol. The normalized spacial score (nSPS) is 13.7. The minimum Gasteiger partial charge on any atom is -0.478 e. The fourth-order valence-corrected chi connectivity index (χ4v) is 2.88. The fraction of sp³-hybridized carbons (Fsp3) is 0.278. The Hall–Kier alpha value is -2.89. The SMILES string of the molecule is C=CC(=O)Nc1ccc2c(=O)n(CC3CC3)c(C)c(C(=O)O)c2c1. The molecule has 0 bridgehead atoms. The van der Waals surface area contributed by atoms with Gasteiger partial charge < -0.3 is 15.0 Å². The second kappa shape index (κ2) is 5.96. The van der Waals surface area contributed by atoms with Gasteiger partial charge in [0.1, 0.15) is 0 Å². The van der Waals surface area contributed by atoms with Gasteiger partial charge >= 0.3 is 5.97 Å². The summed E-state index contributed by atoms with van der Waals surface area (Å²) < 4.78 is 1.56. The highest BCUT2D eigenvalue weighted by Gasteiger charge is 2.26. The first-order valence-electron chi connectivity index (χ1n) is 7.76. The van der Waals surface area contributed by atoms with E-state index in [4.69, 9.17) is 0 Å². The molecule has 1 heterocycles. The predicted molar refractivity (Wildman–Crippen MR) is 91.5 cm³/mol. The number of rotatable bonds is 5. The number of hydrogen-bond donors (Lipinski definition) is 2. The van der Waals surface area contributed by atoms with E-state index in [1.807, 2.05) is 0 Å². The summed E-state index contributed by atoms with van der Waals surface area (Å²) in [7, 11) is 0. The van der Waals surface area contributed by atoms with Crippen LogP contribution in [0, 0.1) is 12.8 Å².